The first-order valence-electron chi connectivity index (χ1n) is 8.72. The number of carboxylic acids is 1. The number of nitrogens with one attached hydrogen (secondary N) is 4. The van der Waals surface area contributed by atoms with E-state index in [2.05, 4.69) is 21.3 Å². The topological polar surface area (TPSA) is 137 Å². The van der Waals surface area contributed by atoms with E-state index in [9.17, 15) is 19.2 Å². The minimum Gasteiger partial charge on any atom is -0.480 e. The van der Waals surface area contributed by atoms with Crippen molar-refractivity contribution in [3.05, 3.63) is 0 Å². The van der Waals surface area contributed by atoms with Gasteiger partial charge in [0.2, 0.25) is 11.8 Å². The summed E-state index contributed by atoms with van der Waals surface area (Å²) in [6.07, 6.45) is 1.67. The van der Waals surface area contributed by atoms with E-state index in [-0.39, 0.29) is 30.8 Å². The van der Waals surface area contributed by atoms with Crippen LogP contribution in [-0.4, -0.2) is 77.9 Å². The molecule has 5 N–H and O–H groups in total. The highest BCUT2D eigenvalue weighted by Gasteiger charge is 2.24. The van der Waals surface area contributed by atoms with Gasteiger partial charge in [0.1, 0.15) is 6.04 Å². The zero-order chi connectivity index (χ0) is 19.5. The Hall–Kier alpha value is -1.65. The molecule has 2 amide bonds. The van der Waals surface area contributed by atoms with Gasteiger partial charge in [-0.15, -0.1) is 0 Å². The van der Waals surface area contributed by atoms with Gasteiger partial charge in [-0.3, -0.25) is 24.5 Å². The number of aliphatic carboxylic acids is 1. The lowest BCUT2D eigenvalue weighted by molar-refractivity contribution is -0.139. The Morgan fingerprint density at radius 1 is 1.23 bits per heavy atom. The van der Waals surface area contributed by atoms with Crippen LogP contribution in [0.5, 0.6) is 0 Å². The second kappa shape index (κ2) is 11.9. The standard InChI is InChI=1S/C16H28N4O5S/c1-3-26-9-12(20-10(2)16(24)25)13(21)7-18-14(22)8-19-15(23)11-5-4-6-17-11/h10-12,17,20H,3-9H2,1-2H3,(H,18,22)(H,19,23)(H,24,25)/t10-,11+,12+/m0/s1. The lowest BCUT2D eigenvalue weighted by Crippen LogP contribution is -2.51. The lowest BCUT2D eigenvalue weighted by atomic mass is 10.2. The molecule has 0 radical (unpaired) electrons. The van der Waals surface area contributed by atoms with Crippen molar-refractivity contribution in [2.45, 2.75) is 44.8 Å². The lowest BCUT2D eigenvalue weighted by Gasteiger charge is -2.20. The smallest absolute Gasteiger partial charge is 0.320 e. The molecule has 1 fully saturated rings. The van der Waals surface area contributed by atoms with Crippen LogP contribution < -0.4 is 21.3 Å². The molecule has 3 atom stereocenters. The maximum absolute atomic E-state index is 12.3. The Morgan fingerprint density at radius 3 is 2.54 bits per heavy atom. The fraction of sp³-hybridized carbons (Fsp3) is 0.750. The van der Waals surface area contributed by atoms with Crippen LogP contribution in [0.2, 0.25) is 0 Å². The highest BCUT2D eigenvalue weighted by Crippen LogP contribution is 2.05. The van der Waals surface area contributed by atoms with Crippen molar-refractivity contribution in [1.82, 2.24) is 21.3 Å². The predicted molar refractivity (Wildman–Crippen MR) is 99.1 cm³/mol. The van der Waals surface area contributed by atoms with Crippen molar-refractivity contribution >= 4 is 35.3 Å². The molecule has 1 rings (SSSR count). The average molecular weight is 388 g/mol. The quantitative estimate of drug-likeness (QED) is 0.279. The molecule has 148 valence electrons. The maximum atomic E-state index is 12.3. The summed E-state index contributed by atoms with van der Waals surface area (Å²) in [6, 6.07) is -1.79. The number of carbonyl (C=O) groups is 4. The summed E-state index contributed by atoms with van der Waals surface area (Å²) in [5.74, 6) is -0.809. The highest BCUT2D eigenvalue weighted by atomic mass is 32.2. The minimum atomic E-state index is -1.04. The van der Waals surface area contributed by atoms with Gasteiger partial charge in [-0.2, -0.15) is 11.8 Å². The van der Waals surface area contributed by atoms with Crippen molar-refractivity contribution in [2.75, 3.05) is 31.1 Å². The fourth-order valence-corrected chi connectivity index (χ4v) is 3.17. The molecular formula is C16H28N4O5S. The summed E-state index contributed by atoms with van der Waals surface area (Å²) in [6.45, 7) is 3.78. The number of ketones is 1. The first-order chi connectivity index (χ1) is 12.3. The van der Waals surface area contributed by atoms with Crippen LogP contribution in [0.15, 0.2) is 0 Å². The van der Waals surface area contributed by atoms with Crippen molar-refractivity contribution < 1.29 is 24.3 Å². The third-order valence-electron chi connectivity index (χ3n) is 3.96. The number of hydrogen-bond acceptors (Lipinski definition) is 7. The minimum absolute atomic E-state index is 0.197. The van der Waals surface area contributed by atoms with Gasteiger partial charge in [0.05, 0.1) is 25.2 Å². The second-order valence-corrected chi connectivity index (χ2v) is 7.37. The Morgan fingerprint density at radius 2 is 1.96 bits per heavy atom. The van der Waals surface area contributed by atoms with Gasteiger partial charge in [0.15, 0.2) is 5.78 Å². The Bertz CT molecular complexity index is 511. The molecule has 0 aromatic carbocycles. The molecule has 0 aliphatic carbocycles. The fourth-order valence-electron chi connectivity index (χ4n) is 2.41. The van der Waals surface area contributed by atoms with Gasteiger partial charge in [0, 0.05) is 5.75 Å². The van der Waals surface area contributed by atoms with Gasteiger partial charge in [0.25, 0.3) is 0 Å². The molecule has 1 aliphatic heterocycles. The molecular weight excluding hydrogens is 360 g/mol. The van der Waals surface area contributed by atoms with E-state index in [0.29, 0.717) is 5.75 Å². The molecule has 1 saturated heterocycles. The summed E-state index contributed by atoms with van der Waals surface area (Å²) >= 11 is 1.51. The SMILES string of the molecule is CCSC[C@@H](N[C@@H](C)C(=O)O)C(=O)CNC(=O)CNC(=O)[C@H]1CCCN1. The molecule has 0 aromatic rings. The summed E-state index contributed by atoms with van der Waals surface area (Å²) in [7, 11) is 0. The first kappa shape index (κ1) is 22.4. The van der Waals surface area contributed by atoms with E-state index in [1.54, 1.807) is 0 Å². The number of carboxylic acid groups (broad SMARTS) is 1. The largest absolute Gasteiger partial charge is 0.480 e. The van der Waals surface area contributed by atoms with E-state index < -0.39 is 24.0 Å². The number of hydrogen-bond donors (Lipinski definition) is 5. The molecule has 9 nitrogen and oxygen atoms in total. The molecule has 0 saturated carbocycles. The van der Waals surface area contributed by atoms with Crippen molar-refractivity contribution in [3.8, 4) is 0 Å². The van der Waals surface area contributed by atoms with Gasteiger partial charge in [-0.05, 0) is 32.1 Å². The van der Waals surface area contributed by atoms with E-state index >= 15 is 0 Å². The Balaban J connectivity index is 2.38. The van der Waals surface area contributed by atoms with Crippen LogP contribution in [0.3, 0.4) is 0 Å². The van der Waals surface area contributed by atoms with Crippen LogP contribution in [0.1, 0.15) is 26.7 Å². The van der Waals surface area contributed by atoms with Gasteiger partial charge < -0.3 is 21.1 Å². The zero-order valence-electron chi connectivity index (χ0n) is 15.2. The van der Waals surface area contributed by atoms with E-state index in [4.69, 9.17) is 5.11 Å². The molecule has 0 unspecified atom stereocenters. The monoisotopic (exact) mass is 388 g/mol. The molecule has 1 aliphatic rings. The van der Waals surface area contributed by atoms with E-state index in [1.165, 1.54) is 18.7 Å². The summed E-state index contributed by atoms with van der Waals surface area (Å²) in [5, 5.41) is 19.8. The zero-order valence-corrected chi connectivity index (χ0v) is 16.0. The van der Waals surface area contributed by atoms with Crippen LogP contribution >= 0.6 is 11.8 Å². The van der Waals surface area contributed by atoms with Crippen LogP contribution in [0.4, 0.5) is 0 Å². The average Bonchev–Trinajstić information content (AvgIpc) is 3.15. The van der Waals surface area contributed by atoms with Crippen molar-refractivity contribution in [3.63, 3.8) is 0 Å². The normalized spacial score (nSPS) is 18.8. The third-order valence-corrected chi connectivity index (χ3v) is 4.94. The van der Waals surface area contributed by atoms with Gasteiger partial charge in [-0.25, -0.2) is 0 Å². The number of Topliss-reactive ketones (excluding diaryl/α,β-unsaturated/α-hetero) is 1. The van der Waals surface area contributed by atoms with E-state index in [0.717, 1.165) is 25.1 Å². The molecule has 0 spiro atoms. The van der Waals surface area contributed by atoms with Crippen LogP contribution in [-0.2, 0) is 19.2 Å². The Kier molecular flexibility index (Phi) is 10.2. The second-order valence-electron chi connectivity index (χ2n) is 6.05. The molecule has 26 heavy (non-hydrogen) atoms. The van der Waals surface area contributed by atoms with Crippen LogP contribution in [0, 0.1) is 0 Å². The van der Waals surface area contributed by atoms with Gasteiger partial charge >= 0.3 is 5.97 Å². The van der Waals surface area contributed by atoms with Crippen LogP contribution in [0.25, 0.3) is 0 Å². The number of carbonyl (C=O) groups excluding carboxylic acids is 3. The first-order valence-corrected chi connectivity index (χ1v) is 9.87. The molecule has 1 heterocycles. The summed E-state index contributed by atoms with van der Waals surface area (Å²) in [4.78, 5) is 46.9. The Labute approximate surface area is 157 Å². The predicted octanol–water partition coefficient (Wildman–Crippen LogP) is -1.28. The number of thioether (sulfide) groups is 1. The van der Waals surface area contributed by atoms with Crippen molar-refractivity contribution in [1.29, 1.82) is 0 Å². The number of rotatable bonds is 12. The summed E-state index contributed by atoms with van der Waals surface area (Å²) < 4.78 is 0. The highest BCUT2D eigenvalue weighted by molar-refractivity contribution is 7.99. The molecule has 10 heteroatoms. The molecule has 0 aromatic heterocycles. The molecule has 0 bridgehead atoms. The van der Waals surface area contributed by atoms with E-state index in [1.807, 2.05) is 6.92 Å². The van der Waals surface area contributed by atoms with Gasteiger partial charge in [-0.1, -0.05) is 6.92 Å². The number of amides is 2. The van der Waals surface area contributed by atoms with Crippen molar-refractivity contribution in [2.24, 2.45) is 0 Å². The third kappa shape index (κ3) is 8.15. The maximum Gasteiger partial charge on any atom is 0.320 e. The summed E-state index contributed by atoms with van der Waals surface area (Å²) in [5.41, 5.74) is 0.